The van der Waals surface area contributed by atoms with Gasteiger partial charge in [-0.3, -0.25) is 0 Å². The third-order valence-corrected chi connectivity index (χ3v) is 2.89. The van der Waals surface area contributed by atoms with E-state index >= 15 is 0 Å². The van der Waals surface area contributed by atoms with E-state index in [-0.39, 0.29) is 5.41 Å². The van der Waals surface area contributed by atoms with Gasteiger partial charge in [0.05, 0.1) is 5.60 Å². The molecule has 0 spiro atoms. The van der Waals surface area contributed by atoms with Gasteiger partial charge in [0.15, 0.2) is 0 Å². The summed E-state index contributed by atoms with van der Waals surface area (Å²) in [6.45, 7) is 9.77. The minimum atomic E-state index is -0.748. The van der Waals surface area contributed by atoms with E-state index in [0.29, 0.717) is 0 Å². The van der Waals surface area contributed by atoms with Crippen molar-refractivity contribution in [2.24, 2.45) is 5.41 Å². The van der Waals surface area contributed by atoms with Crippen molar-refractivity contribution in [3.8, 4) is 0 Å². The Morgan fingerprint density at radius 1 is 1.45 bits per heavy atom. The Bertz CT molecular complexity index is 209. The Hall–Kier alpha value is -0.560. The van der Waals surface area contributed by atoms with Crippen LogP contribution in [0.1, 0.15) is 27.2 Å². The van der Waals surface area contributed by atoms with Crippen LogP contribution in [0.25, 0.3) is 0 Å². The number of allylic oxidation sites excluding steroid dienone is 1. The van der Waals surface area contributed by atoms with Gasteiger partial charge in [0.2, 0.25) is 0 Å². The lowest BCUT2D eigenvalue weighted by Gasteiger charge is -2.42. The van der Waals surface area contributed by atoms with E-state index in [4.69, 9.17) is 0 Å². The third kappa shape index (κ3) is 1.14. The van der Waals surface area contributed by atoms with E-state index in [1.807, 2.05) is 13.0 Å². The van der Waals surface area contributed by atoms with Crippen molar-refractivity contribution in [3.63, 3.8) is 0 Å². The van der Waals surface area contributed by atoms with Crippen LogP contribution >= 0.6 is 0 Å². The summed E-state index contributed by atoms with van der Waals surface area (Å²) >= 11 is 0. The number of aliphatic hydroxyl groups is 1. The van der Waals surface area contributed by atoms with Crippen molar-refractivity contribution < 1.29 is 5.11 Å². The van der Waals surface area contributed by atoms with Crippen LogP contribution in [0.2, 0.25) is 0 Å². The van der Waals surface area contributed by atoms with Gasteiger partial charge in [0, 0.05) is 5.41 Å². The molecule has 11 heavy (non-hydrogen) atoms. The zero-order valence-corrected chi connectivity index (χ0v) is 7.52. The molecule has 1 aliphatic carbocycles. The van der Waals surface area contributed by atoms with Crippen molar-refractivity contribution in [2.75, 3.05) is 0 Å². The van der Waals surface area contributed by atoms with E-state index in [1.165, 1.54) is 0 Å². The summed E-state index contributed by atoms with van der Waals surface area (Å²) in [6, 6.07) is 0. The second kappa shape index (κ2) is 2.21. The molecule has 1 atom stereocenters. The minimum Gasteiger partial charge on any atom is -0.385 e. The van der Waals surface area contributed by atoms with Gasteiger partial charge < -0.3 is 5.11 Å². The SMILES string of the molecule is C=C1C=CCC(C)(C)C1(C)O. The third-order valence-electron chi connectivity index (χ3n) is 2.89. The van der Waals surface area contributed by atoms with Gasteiger partial charge in [-0.25, -0.2) is 0 Å². The monoisotopic (exact) mass is 152 g/mol. The van der Waals surface area contributed by atoms with Crippen LogP contribution in [-0.2, 0) is 0 Å². The molecule has 1 nitrogen and oxygen atoms in total. The molecule has 0 aromatic heterocycles. The molecule has 0 aromatic carbocycles. The molecule has 0 bridgehead atoms. The average molecular weight is 152 g/mol. The van der Waals surface area contributed by atoms with Crippen LogP contribution in [0.3, 0.4) is 0 Å². The van der Waals surface area contributed by atoms with Gasteiger partial charge in [0.1, 0.15) is 0 Å². The van der Waals surface area contributed by atoms with Crippen LogP contribution in [0.5, 0.6) is 0 Å². The van der Waals surface area contributed by atoms with Gasteiger partial charge in [-0.15, -0.1) is 0 Å². The highest BCUT2D eigenvalue weighted by Crippen LogP contribution is 2.42. The van der Waals surface area contributed by atoms with E-state index in [0.717, 1.165) is 12.0 Å². The number of rotatable bonds is 0. The summed E-state index contributed by atoms with van der Waals surface area (Å²) in [5, 5.41) is 10.0. The van der Waals surface area contributed by atoms with Crippen molar-refractivity contribution >= 4 is 0 Å². The summed E-state index contributed by atoms with van der Waals surface area (Å²) in [6.07, 6.45) is 4.89. The molecule has 0 saturated carbocycles. The number of hydrogen-bond donors (Lipinski definition) is 1. The molecule has 62 valence electrons. The first-order valence-electron chi connectivity index (χ1n) is 3.96. The van der Waals surface area contributed by atoms with Crippen LogP contribution in [0, 0.1) is 5.41 Å². The van der Waals surface area contributed by atoms with Gasteiger partial charge in [-0.2, -0.15) is 0 Å². The number of hydrogen-bond acceptors (Lipinski definition) is 1. The molecule has 1 heteroatoms. The molecular formula is C10H16O. The summed E-state index contributed by atoms with van der Waals surface area (Å²) in [4.78, 5) is 0. The highest BCUT2D eigenvalue weighted by molar-refractivity contribution is 5.31. The molecule has 0 aliphatic heterocycles. The fourth-order valence-corrected chi connectivity index (χ4v) is 1.29. The molecule has 0 radical (unpaired) electrons. The first kappa shape index (κ1) is 8.54. The van der Waals surface area contributed by atoms with Crippen LogP contribution in [0.15, 0.2) is 24.3 Å². The molecule has 0 aromatic rings. The predicted molar refractivity (Wildman–Crippen MR) is 47.3 cm³/mol. The average Bonchev–Trinajstić information content (AvgIpc) is 1.84. The van der Waals surface area contributed by atoms with Crippen molar-refractivity contribution in [3.05, 3.63) is 24.3 Å². The molecule has 0 heterocycles. The standard InChI is InChI=1S/C10H16O/c1-8-6-5-7-9(2,3)10(8,4)11/h5-6,11H,1,7H2,2-4H3. The lowest BCUT2D eigenvalue weighted by molar-refractivity contribution is -0.0171. The molecule has 1 rings (SSSR count). The van der Waals surface area contributed by atoms with Crippen molar-refractivity contribution in [2.45, 2.75) is 32.8 Å². The summed E-state index contributed by atoms with van der Waals surface area (Å²) in [7, 11) is 0. The topological polar surface area (TPSA) is 20.2 Å². The molecular weight excluding hydrogens is 136 g/mol. The van der Waals surface area contributed by atoms with Crippen molar-refractivity contribution in [1.82, 2.24) is 0 Å². The summed E-state index contributed by atoms with van der Waals surface area (Å²) in [5.74, 6) is 0. The Morgan fingerprint density at radius 2 is 2.00 bits per heavy atom. The molecule has 1 aliphatic rings. The largest absolute Gasteiger partial charge is 0.385 e. The van der Waals surface area contributed by atoms with Crippen molar-refractivity contribution in [1.29, 1.82) is 0 Å². The van der Waals surface area contributed by atoms with E-state index < -0.39 is 5.60 Å². The first-order chi connectivity index (χ1) is 4.88. The molecule has 0 amide bonds. The smallest absolute Gasteiger partial charge is 0.0916 e. The zero-order valence-electron chi connectivity index (χ0n) is 7.52. The van der Waals surface area contributed by atoms with E-state index in [2.05, 4.69) is 26.5 Å². The molecule has 1 unspecified atom stereocenters. The zero-order chi connectivity index (χ0) is 8.70. The lowest BCUT2D eigenvalue weighted by Crippen LogP contribution is -2.44. The maximum absolute atomic E-state index is 10.0. The normalized spacial score (nSPS) is 35.8. The van der Waals surface area contributed by atoms with E-state index in [9.17, 15) is 5.11 Å². The maximum atomic E-state index is 10.0. The minimum absolute atomic E-state index is 0.0845. The second-order valence-electron chi connectivity index (χ2n) is 4.09. The Kier molecular flexibility index (Phi) is 1.72. The highest BCUT2D eigenvalue weighted by atomic mass is 16.3. The Morgan fingerprint density at radius 3 is 2.36 bits per heavy atom. The lowest BCUT2D eigenvalue weighted by atomic mass is 9.67. The molecule has 1 N–H and O–H groups in total. The maximum Gasteiger partial charge on any atom is 0.0916 e. The second-order valence-corrected chi connectivity index (χ2v) is 4.09. The van der Waals surface area contributed by atoms with Gasteiger partial charge >= 0.3 is 0 Å². The van der Waals surface area contributed by atoms with Crippen LogP contribution < -0.4 is 0 Å². The molecule has 0 saturated heterocycles. The first-order valence-corrected chi connectivity index (χ1v) is 3.96. The fraction of sp³-hybridized carbons (Fsp3) is 0.600. The fourth-order valence-electron chi connectivity index (χ4n) is 1.29. The van der Waals surface area contributed by atoms with Gasteiger partial charge in [0.25, 0.3) is 0 Å². The van der Waals surface area contributed by atoms with Crippen LogP contribution in [0.4, 0.5) is 0 Å². The van der Waals surface area contributed by atoms with E-state index in [1.54, 1.807) is 0 Å². The highest BCUT2D eigenvalue weighted by Gasteiger charge is 2.41. The summed E-state index contributed by atoms with van der Waals surface area (Å²) < 4.78 is 0. The predicted octanol–water partition coefficient (Wildman–Crippen LogP) is 2.28. The quantitative estimate of drug-likeness (QED) is 0.564. The molecule has 0 fully saturated rings. The Balaban J connectivity index is 3.06. The Labute approximate surface area is 68.4 Å². The van der Waals surface area contributed by atoms with Crippen LogP contribution in [-0.4, -0.2) is 10.7 Å². The van der Waals surface area contributed by atoms with Gasteiger partial charge in [-0.1, -0.05) is 32.6 Å². The summed E-state index contributed by atoms with van der Waals surface area (Å²) in [5.41, 5.74) is -0.0191. The van der Waals surface area contributed by atoms with Gasteiger partial charge in [-0.05, 0) is 18.9 Å².